The first kappa shape index (κ1) is 23.5. The number of anilines is 1. The Morgan fingerprint density at radius 3 is 2.35 bits per heavy atom. The van der Waals surface area contributed by atoms with Gasteiger partial charge in [0.15, 0.2) is 10.7 Å². The summed E-state index contributed by atoms with van der Waals surface area (Å²) in [6, 6.07) is 15.8. The number of halogens is 1. The molecule has 3 aromatic carbocycles. The monoisotopic (exact) mass is 541 g/mol. The van der Waals surface area contributed by atoms with E-state index in [0.717, 1.165) is 10.0 Å². The van der Waals surface area contributed by atoms with Crippen molar-refractivity contribution in [1.29, 1.82) is 0 Å². The average Bonchev–Trinajstić information content (AvgIpc) is 3.27. The van der Waals surface area contributed by atoms with Crippen molar-refractivity contribution < 1.29 is 23.4 Å². The number of hydrogen-bond acceptors (Lipinski definition) is 7. The van der Waals surface area contributed by atoms with Crippen LogP contribution in [0.2, 0.25) is 0 Å². The molecule has 34 heavy (non-hydrogen) atoms. The van der Waals surface area contributed by atoms with Gasteiger partial charge in [0.25, 0.3) is 5.91 Å². The molecular formula is C24H20BrN3O5S. The highest BCUT2D eigenvalue weighted by atomic mass is 79.9. The van der Waals surface area contributed by atoms with Crippen LogP contribution in [-0.2, 0) is 0 Å². The van der Waals surface area contributed by atoms with E-state index < -0.39 is 5.91 Å². The number of thiocarbonyl (C=S) groups is 1. The fourth-order valence-corrected chi connectivity index (χ4v) is 3.96. The Balaban J connectivity index is 1.48. The zero-order chi connectivity index (χ0) is 24.2. The summed E-state index contributed by atoms with van der Waals surface area (Å²) >= 11 is 8.78. The summed E-state index contributed by atoms with van der Waals surface area (Å²) in [7, 11) is 4.64. The summed E-state index contributed by atoms with van der Waals surface area (Å²) in [6.45, 7) is 0. The second-order valence-corrected chi connectivity index (χ2v) is 8.32. The van der Waals surface area contributed by atoms with Gasteiger partial charge in [-0.1, -0.05) is 0 Å². The van der Waals surface area contributed by atoms with E-state index in [1.807, 2.05) is 18.2 Å². The summed E-state index contributed by atoms with van der Waals surface area (Å²) in [5.41, 5.74) is 3.05. The Labute approximate surface area is 209 Å². The fraction of sp³-hybridized carbons (Fsp3) is 0.125. The molecule has 0 aliphatic heterocycles. The summed E-state index contributed by atoms with van der Waals surface area (Å²) in [5.74, 6) is 1.79. The van der Waals surface area contributed by atoms with Crippen molar-refractivity contribution in [2.75, 3.05) is 26.6 Å². The van der Waals surface area contributed by atoms with E-state index in [4.69, 9.17) is 30.8 Å². The summed E-state index contributed by atoms with van der Waals surface area (Å²) in [5, 5.41) is 5.78. The number of ether oxygens (including phenoxy) is 3. The molecule has 4 aromatic rings. The molecule has 10 heteroatoms. The lowest BCUT2D eigenvalue weighted by Gasteiger charge is -2.11. The van der Waals surface area contributed by atoms with E-state index in [9.17, 15) is 4.79 Å². The quantitative estimate of drug-likeness (QED) is 0.313. The minimum Gasteiger partial charge on any atom is -0.497 e. The van der Waals surface area contributed by atoms with Crippen molar-refractivity contribution in [3.05, 3.63) is 64.6 Å². The molecule has 2 N–H and O–H groups in total. The molecule has 0 aliphatic carbocycles. The Hall–Kier alpha value is -3.63. The number of oxazole rings is 1. The van der Waals surface area contributed by atoms with Gasteiger partial charge in [-0.25, -0.2) is 4.98 Å². The maximum absolute atomic E-state index is 12.6. The van der Waals surface area contributed by atoms with Gasteiger partial charge in [-0.2, -0.15) is 0 Å². The number of fused-ring (bicyclic) bond motifs is 1. The molecule has 1 aromatic heterocycles. The standard InChI is InChI=1S/C24H20BrN3O5S/c1-30-16-8-14(9-17(12-16)31-2)22(29)28-24(34)26-15-5-7-21-19(11-15)27-23(33-21)13-4-6-20(32-3)18(25)10-13/h4-12H,1-3H3,(H2,26,28,29,34). The Morgan fingerprint density at radius 2 is 1.71 bits per heavy atom. The average molecular weight is 542 g/mol. The molecule has 0 unspecified atom stereocenters. The Morgan fingerprint density at radius 1 is 0.971 bits per heavy atom. The van der Waals surface area contributed by atoms with Crippen LogP contribution in [0, 0.1) is 0 Å². The van der Waals surface area contributed by atoms with Crippen LogP contribution in [0.25, 0.3) is 22.6 Å². The number of aromatic nitrogens is 1. The lowest BCUT2D eigenvalue weighted by molar-refractivity contribution is 0.0977. The van der Waals surface area contributed by atoms with Gasteiger partial charge in [0.1, 0.15) is 22.8 Å². The summed E-state index contributed by atoms with van der Waals surface area (Å²) < 4.78 is 22.4. The number of amides is 1. The van der Waals surface area contributed by atoms with Gasteiger partial charge in [0.2, 0.25) is 5.89 Å². The molecule has 0 spiro atoms. The molecule has 0 saturated heterocycles. The molecule has 1 heterocycles. The second-order valence-electron chi connectivity index (χ2n) is 7.06. The van der Waals surface area contributed by atoms with Crippen LogP contribution in [-0.4, -0.2) is 37.3 Å². The molecule has 0 bridgehead atoms. The van der Waals surface area contributed by atoms with Gasteiger partial charge < -0.3 is 23.9 Å². The zero-order valence-electron chi connectivity index (χ0n) is 18.5. The number of methoxy groups -OCH3 is 3. The Bertz CT molecular complexity index is 1370. The molecular weight excluding hydrogens is 522 g/mol. The van der Waals surface area contributed by atoms with E-state index >= 15 is 0 Å². The lowest BCUT2D eigenvalue weighted by atomic mass is 10.2. The molecule has 4 rings (SSSR count). The van der Waals surface area contributed by atoms with Crippen molar-refractivity contribution in [2.45, 2.75) is 0 Å². The topological polar surface area (TPSA) is 94.9 Å². The fourth-order valence-electron chi connectivity index (χ4n) is 3.20. The van der Waals surface area contributed by atoms with Crippen molar-refractivity contribution in [1.82, 2.24) is 10.3 Å². The number of benzene rings is 3. The molecule has 0 radical (unpaired) electrons. The highest BCUT2D eigenvalue weighted by Crippen LogP contribution is 2.32. The van der Waals surface area contributed by atoms with Crippen molar-refractivity contribution in [3.63, 3.8) is 0 Å². The SMILES string of the molecule is COc1cc(OC)cc(C(=O)NC(=S)Nc2ccc3oc(-c4ccc(OC)c(Br)c4)nc3c2)c1. The van der Waals surface area contributed by atoms with Gasteiger partial charge in [-0.15, -0.1) is 0 Å². The predicted octanol–water partition coefficient (Wildman–Crippen LogP) is 5.41. The highest BCUT2D eigenvalue weighted by Gasteiger charge is 2.14. The van der Waals surface area contributed by atoms with Crippen molar-refractivity contribution in [3.8, 4) is 28.7 Å². The van der Waals surface area contributed by atoms with Gasteiger partial charge in [0, 0.05) is 22.9 Å². The minimum atomic E-state index is -0.399. The molecule has 8 nitrogen and oxygen atoms in total. The van der Waals surface area contributed by atoms with Crippen LogP contribution in [0.3, 0.4) is 0 Å². The smallest absolute Gasteiger partial charge is 0.257 e. The van der Waals surface area contributed by atoms with Crippen LogP contribution >= 0.6 is 28.1 Å². The normalized spacial score (nSPS) is 10.6. The van der Waals surface area contributed by atoms with E-state index in [2.05, 4.69) is 31.5 Å². The van der Waals surface area contributed by atoms with Crippen LogP contribution in [0.15, 0.2) is 63.5 Å². The number of nitrogens with zero attached hydrogens (tertiary/aromatic N) is 1. The largest absolute Gasteiger partial charge is 0.497 e. The maximum Gasteiger partial charge on any atom is 0.257 e. The van der Waals surface area contributed by atoms with Crippen LogP contribution in [0.5, 0.6) is 17.2 Å². The first-order valence-electron chi connectivity index (χ1n) is 10.00. The third-order valence-corrected chi connectivity index (χ3v) is 5.71. The van der Waals surface area contributed by atoms with Crippen LogP contribution in [0.4, 0.5) is 5.69 Å². The zero-order valence-corrected chi connectivity index (χ0v) is 20.9. The van der Waals surface area contributed by atoms with Gasteiger partial charge in [-0.05, 0) is 76.7 Å². The van der Waals surface area contributed by atoms with Gasteiger partial charge in [-0.3, -0.25) is 10.1 Å². The predicted molar refractivity (Wildman–Crippen MR) is 137 cm³/mol. The number of carbonyl (C=O) groups excluding carboxylic acids is 1. The molecule has 1 amide bonds. The van der Waals surface area contributed by atoms with E-state index in [0.29, 0.717) is 45.5 Å². The molecule has 0 fully saturated rings. The highest BCUT2D eigenvalue weighted by molar-refractivity contribution is 9.10. The third-order valence-electron chi connectivity index (χ3n) is 4.88. The first-order chi connectivity index (χ1) is 16.4. The van der Waals surface area contributed by atoms with Crippen molar-refractivity contribution >= 4 is 56.0 Å². The number of rotatable bonds is 6. The van der Waals surface area contributed by atoms with Gasteiger partial charge in [0.05, 0.1) is 25.8 Å². The third kappa shape index (κ3) is 5.13. The van der Waals surface area contributed by atoms with Crippen LogP contribution < -0.4 is 24.8 Å². The maximum atomic E-state index is 12.6. The molecule has 0 saturated carbocycles. The molecule has 0 aliphatic rings. The number of carbonyl (C=O) groups is 1. The number of nitrogens with one attached hydrogen (secondary N) is 2. The Kier molecular flexibility index (Phi) is 6.99. The van der Waals surface area contributed by atoms with E-state index in [1.165, 1.54) is 14.2 Å². The minimum absolute atomic E-state index is 0.133. The molecule has 174 valence electrons. The second kappa shape index (κ2) is 10.1. The number of hydrogen-bond donors (Lipinski definition) is 2. The molecule has 0 atom stereocenters. The lowest BCUT2D eigenvalue weighted by Crippen LogP contribution is -2.34. The van der Waals surface area contributed by atoms with E-state index in [1.54, 1.807) is 43.5 Å². The summed E-state index contributed by atoms with van der Waals surface area (Å²) in [4.78, 5) is 17.2. The van der Waals surface area contributed by atoms with E-state index in [-0.39, 0.29) is 5.11 Å². The van der Waals surface area contributed by atoms with Crippen LogP contribution in [0.1, 0.15) is 10.4 Å². The van der Waals surface area contributed by atoms with Gasteiger partial charge >= 0.3 is 0 Å². The summed E-state index contributed by atoms with van der Waals surface area (Å²) in [6.07, 6.45) is 0. The first-order valence-corrected chi connectivity index (χ1v) is 11.2. The van der Waals surface area contributed by atoms with Crippen molar-refractivity contribution in [2.24, 2.45) is 0 Å².